The topological polar surface area (TPSA) is 94.2 Å². The Labute approximate surface area is 188 Å². The van der Waals surface area contributed by atoms with Crippen LogP contribution in [0.1, 0.15) is 31.0 Å². The van der Waals surface area contributed by atoms with E-state index in [0.717, 1.165) is 52.8 Å². The third kappa shape index (κ3) is 4.46. The number of methoxy groups -OCH3 is 1. The number of hydrogen-bond acceptors (Lipinski definition) is 2. The van der Waals surface area contributed by atoms with Gasteiger partial charge in [-0.05, 0) is 55.7 Å². The minimum absolute atomic E-state index is 0.387. The number of aromatic nitrogens is 2. The van der Waals surface area contributed by atoms with Gasteiger partial charge in [-0.3, -0.25) is 0 Å². The number of nitrogens with one attached hydrogen (secondary N) is 3. The van der Waals surface area contributed by atoms with Crippen molar-refractivity contribution in [2.45, 2.75) is 33.1 Å². The fourth-order valence-electron chi connectivity index (χ4n) is 3.98. The van der Waals surface area contributed by atoms with Crippen LogP contribution < -0.4 is 15.9 Å². The standard InChI is InChI=1S/C25H31N6O/c1-4-5-14-31(24-16-28-22-9-7-6-8-20(22)24)30-25(26)27-13-12-19-17(2)29-23-11-10-18(32-3)15-21(19)23/h6-11,14-16,28-29H,4-5,12-13H2,1-3H3,(H3,26,27,30)/q+1. The summed E-state index contributed by atoms with van der Waals surface area (Å²) in [7, 11) is 1.69. The highest BCUT2D eigenvalue weighted by Crippen LogP contribution is 2.27. The summed E-state index contributed by atoms with van der Waals surface area (Å²) in [5.41, 5.74) is 15.1. The summed E-state index contributed by atoms with van der Waals surface area (Å²) in [5.74, 6) is 1.24. The van der Waals surface area contributed by atoms with E-state index in [1.807, 2.05) is 35.1 Å². The molecule has 5 N–H and O–H groups in total. The molecule has 0 amide bonds. The summed E-state index contributed by atoms with van der Waals surface area (Å²) in [6.45, 7) is 4.82. The Morgan fingerprint density at radius 2 is 2.03 bits per heavy atom. The number of fused-ring (bicyclic) bond motifs is 2. The van der Waals surface area contributed by atoms with Gasteiger partial charge in [-0.25, -0.2) is 4.99 Å². The number of benzene rings is 2. The first-order valence-corrected chi connectivity index (χ1v) is 11.0. The lowest BCUT2D eigenvalue weighted by atomic mass is 10.1. The first-order valence-electron chi connectivity index (χ1n) is 11.0. The van der Waals surface area contributed by atoms with Gasteiger partial charge in [0.25, 0.3) is 5.69 Å². The number of hydrogen-bond donors (Lipinski definition) is 4. The van der Waals surface area contributed by atoms with Crippen molar-refractivity contribution in [3.05, 3.63) is 59.9 Å². The Bertz CT molecular complexity index is 1280. The van der Waals surface area contributed by atoms with Crippen molar-refractivity contribution < 1.29 is 9.42 Å². The molecule has 0 fully saturated rings. The Kier molecular flexibility index (Phi) is 6.44. The second kappa shape index (κ2) is 9.60. The number of rotatable bonds is 8. The van der Waals surface area contributed by atoms with E-state index in [-0.39, 0.29) is 0 Å². The van der Waals surface area contributed by atoms with Gasteiger partial charge in [0.1, 0.15) is 5.75 Å². The molecule has 0 atom stereocenters. The molecule has 166 valence electrons. The van der Waals surface area contributed by atoms with Gasteiger partial charge < -0.3 is 20.4 Å². The highest BCUT2D eigenvalue weighted by atomic mass is 16.5. The smallest absolute Gasteiger partial charge is 0.260 e. The van der Waals surface area contributed by atoms with Crippen LogP contribution in [0.4, 0.5) is 5.69 Å². The van der Waals surface area contributed by atoms with Gasteiger partial charge in [0, 0.05) is 29.6 Å². The lowest BCUT2D eigenvalue weighted by molar-refractivity contribution is -0.482. The molecule has 2 aromatic carbocycles. The number of para-hydroxylation sites is 1. The number of H-pyrrole nitrogens is 2. The summed E-state index contributed by atoms with van der Waals surface area (Å²) in [6, 6.07) is 14.3. The van der Waals surface area contributed by atoms with Crippen LogP contribution >= 0.6 is 0 Å². The second-order valence-corrected chi connectivity index (χ2v) is 7.83. The molecule has 0 aliphatic rings. The Hall–Kier alpha value is -3.74. The average molecular weight is 432 g/mol. The van der Waals surface area contributed by atoms with Crippen LogP contribution in [0, 0.1) is 6.92 Å². The molecular weight excluding hydrogens is 400 g/mol. The number of nitrogens with zero attached hydrogens (tertiary/aromatic N) is 2. The molecule has 0 aliphatic carbocycles. The van der Waals surface area contributed by atoms with E-state index in [1.54, 1.807) is 7.11 Å². The number of hydrazine groups is 1. The van der Waals surface area contributed by atoms with Crippen molar-refractivity contribution in [3.8, 4) is 5.75 Å². The van der Waals surface area contributed by atoms with Gasteiger partial charge in [0.15, 0.2) is 6.21 Å². The average Bonchev–Trinajstić information content (AvgIpc) is 3.37. The lowest BCUT2D eigenvalue weighted by Crippen LogP contribution is -2.38. The van der Waals surface area contributed by atoms with Crippen LogP contribution in [0.5, 0.6) is 5.75 Å². The molecule has 0 radical (unpaired) electrons. The maximum Gasteiger partial charge on any atom is 0.260 e. The molecule has 0 bridgehead atoms. The largest absolute Gasteiger partial charge is 0.497 e. The quantitative estimate of drug-likeness (QED) is 0.143. The van der Waals surface area contributed by atoms with Crippen LogP contribution in [0.25, 0.3) is 21.8 Å². The third-order valence-electron chi connectivity index (χ3n) is 5.63. The molecule has 7 nitrogen and oxygen atoms in total. The fraction of sp³-hybridized carbons (Fsp3) is 0.280. The van der Waals surface area contributed by atoms with Crippen LogP contribution in [0.3, 0.4) is 0 Å². The molecule has 4 rings (SSSR count). The predicted octanol–water partition coefficient (Wildman–Crippen LogP) is 4.54. The van der Waals surface area contributed by atoms with Gasteiger partial charge in [0.05, 0.1) is 24.2 Å². The normalized spacial score (nSPS) is 12.6. The summed E-state index contributed by atoms with van der Waals surface area (Å²) in [4.78, 5) is 11.4. The number of unbranched alkanes of at least 4 members (excludes halogenated alkanes) is 1. The number of ether oxygens (including phenoxy) is 1. The number of aryl methyl sites for hydroxylation is 1. The zero-order valence-electron chi connectivity index (χ0n) is 18.9. The van der Waals surface area contributed by atoms with Crippen molar-refractivity contribution in [1.82, 2.24) is 15.4 Å². The molecule has 2 heterocycles. The molecule has 0 saturated heterocycles. The second-order valence-electron chi connectivity index (χ2n) is 7.83. The van der Waals surface area contributed by atoms with Gasteiger partial charge in [-0.1, -0.05) is 23.7 Å². The highest BCUT2D eigenvalue weighted by Gasteiger charge is 2.17. The Morgan fingerprint density at radius 3 is 2.84 bits per heavy atom. The Balaban J connectivity index is 1.51. The van der Waals surface area contributed by atoms with Crippen LogP contribution in [0.15, 0.2) is 53.7 Å². The monoisotopic (exact) mass is 431 g/mol. The fourth-order valence-corrected chi connectivity index (χ4v) is 3.98. The maximum absolute atomic E-state index is 6.27. The van der Waals surface area contributed by atoms with E-state index in [4.69, 9.17) is 10.5 Å². The summed E-state index contributed by atoms with van der Waals surface area (Å²) >= 11 is 0. The number of aliphatic imine (C=N–C) groups is 1. The van der Waals surface area contributed by atoms with Gasteiger partial charge in [0.2, 0.25) is 5.96 Å². The first kappa shape index (κ1) is 21.5. The van der Waals surface area contributed by atoms with E-state index in [9.17, 15) is 0 Å². The molecule has 0 aliphatic heterocycles. The molecule has 32 heavy (non-hydrogen) atoms. The van der Waals surface area contributed by atoms with Crippen molar-refractivity contribution in [3.63, 3.8) is 0 Å². The van der Waals surface area contributed by atoms with Crippen LogP contribution in [-0.4, -0.2) is 40.5 Å². The van der Waals surface area contributed by atoms with Gasteiger partial charge in [-0.2, -0.15) is 0 Å². The van der Waals surface area contributed by atoms with E-state index in [2.05, 4.69) is 58.6 Å². The maximum atomic E-state index is 6.27. The molecule has 0 spiro atoms. The van der Waals surface area contributed by atoms with E-state index in [1.165, 1.54) is 10.9 Å². The molecule has 2 aromatic heterocycles. The minimum atomic E-state index is 0.387. The van der Waals surface area contributed by atoms with Crippen molar-refractivity contribution >= 4 is 39.7 Å². The zero-order valence-corrected chi connectivity index (χ0v) is 18.9. The zero-order chi connectivity index (χ0) is 22.5. The molecular formula is C25H31N6O+. The van der Waals surface area contributed by atoms with Gasteiger partial charge in [-0.15, -0.1) is 5.43 Å². The van der Waals surface area contributed by atoms with Crippen molar-refractivity contribution in [2.24, 2.45) is 10.7 Å². The third-order valence-corrected chi connectivity index (χ3v) is 5.63. The van der Waals surface area contributed by atoms with E-state index in [0.29, 0.717) is 12.5 Å². The summed E-state index contributed by atoms with van der Waals surface area (Å²) in [5, 5.41) is 2.30. The molecule has 0 unspecified atom stereocenters. The van der Waals surface area contributed by atoms with Crippen molar-refractivity contribution in [2.75, 3.05) is 13.7 Å². The summed E-state index contributed by atoms with van der Waals surface area (Å²) in [6.07, 6.45) is 6.85. The van der Waals surface area contributed by atoms with Crippen LogP contribution in [0.2, 0.25) is 0 Å². The SMILES string of the molecule is CCCC=[N+](NC(N)=NCCc1c(C)[nH]c2ccc(OC)cc12)c1c[nH]c2ccccc12. The van der Waals surface area contributed by atoms with Crippen LogP contribution in [-0.2, 0) is 6.42 Å². The number of guanidine groups is 1. The van der Waals surface area contributed by atoms with E-state index >= 15 is 0 Å². The van der Waals surface area contributed by atoms with Gasteiger partial charge >= 0.3 is 0 Å². The lowest BCUT2D eigenvalue weighted by Gasteiger charge is -2.05. The number of hydrazone groups is 1. The highest BCUT2D eigenvalue weighted by molar-refractivity contribution is 5.89. The van der Waals surface area contributed by atoms with Crippen molar-refractivity contribution in [1.29, 1.82) is 0 Å². The van der Waals surface area contributed by atoms with E-state index < -0.39 is 0 Å². The number of nitrogens with two attached hydrogens (primary N) is 1. The first-order chi connectivity index (χ1) is 15.6. The predicted molar refractivity (Wildman–Crippen MR) is 132 cm³/mol. The number of aromatic amines is 2. The minimum Gasteiger partial charge on any atom is -0.497 e. The molecule has 4 aromatic rings. The summed E-state index contributed by atoms with van der Waals surface area (Å²) < 4.78 is 7.35. The molecule has 0 saturated carbocycles. The Morgan fingerprint density at radius 1 is 1.19 bits per heavy atom. The molecule has 7 heteroatoms.